The molecule has 1 amide bonds. The van der Waals surface area contributed by atoms with Gasteiger partial charge in [-0.2, -0.15) is 0 Å². The van der Waals surface area contributed by atoms with E-state index in [-0.39, 0.29) is 5.91 Å². The zero-order chi connectivity index (χ0) is 22.1. The summed E-state index contributed by atoms with van der Waals surface area (Å²) in [5, 5.41) is 5.83. The molecule has 0 aromatic carbocycles. The van der Waals surface area contributed by atoms with Crippen LogP contribution in [0.4, 0.5) is 5.69 Å². The highest BCUT2D eigenvalue weighted by molar-refractivity contribution is 5.92. The van der Waals surface area contributed by atoms with E-state index in [2.05, 4.69) is 43.6 Å². The molecule has 0 bridgehead atoms. The zero-order valence-electron chi connectivity index (χ0n) is 18.0. The van der Waals surface area contributed by atoms with Crippen molar-refractivity contribution in [2.24, 2.45) is 5.92 Å². The van der Waals surface area contributed by atoms with Gasteiger partial charge in [0.1, 0.15) is 11.4 Å². The molecule has 7 nitrogen and oxygen atoms in total. The number of hydrogen-bond acceptors (Lipinski definition) is 6. The molecule has 2 aromatic rings. The number of pyridine rings is 2. The maximum atomic E-state index is 11.7. The lowest BCUT2D eigenvalue weighted by atomic mass is 10.00. The van der Waals surface area contributed by atoms with Gasteiger partial charge in [0.25, 0.3) is 5.91 Å². The van der Waals surface area contributed by atoms with Gasteiger partial charge < -0.3 is 10.6 Å². The number of hydrogen-bond donors (Lipinski definition) is 2. The summed E-state index contributed by atoms with van der Waals surface area (Å²) in [5.41, 5.74) is 7.21. The first-order valence-corrected chi connectivity index (χ1v) is 11.0. The maximum Gasteiger partial charge on any atom is 0.269 e. The summed E-state index contributed by atoms with van der Waals surface area (Å²) in [7, 11) is 1.60. The van der Waals surface area contributed by atoms with E-state index in [4.69, 9.17) is 0 Å². The molecule has 2 aliphatic heterocycles. The molecule has 0 spiro atoms. The Kier molecular flexibility index (Phi) is 5.43. The van der Waals surface area contributed by atoms with E-state index in [1.54, 1.807) is 19.3 Å². The summed E-state index contributed by atoms with van der Waals surface area (Å²) in [6, 6.07) is 5.80. The molecule has 1 aliphatic carbocycles. The van der Waals surface area contributed by atoms with Gasteiger partial charge in [0.2, 0.25) is 0 Å². The first-order chi connectivity index (χ1) is 15.6. The highest BCUT2D eigenvalue weighted by Crippen LogP contribution is 2.43. The van der Waals surface area contributed by atoms with E-state index in [1.807, 2.05) is 18.3 Å². The fourth-order valence-corrected chi connectivity index (χ4v) is 4.27. The van der Waals surface area contributed by atoms with Crippen LogP contribution in [0.2, 0.25) is 0 Å². The maximum absolute atomic E-state index is 11.7. The Hall–Kier alpha value is -3.54. The molecule has 0 saturated heterocycles. The van der Waals surface area contributed by atoms with Crippen molar-refractivity contribution in [1.29, 1.82) is 0 Å². The van der Waals surface area contributed by atoms with Crippen molar-refractivity contribution in [1.82, 2.24) is 20.2 Å². The third-order valence-electron chi connectivity index (χ3n) is 6.23. The number of fused-ring (bicyclic) bond motifs is 1. The van der Waals surface area contributed by atoms with E-state index in [1.165, 1.54) is 5.57 Å². The lowest BCUT2D eigenvalue weighted by Crippen LogP contribution is -2.28. The van der Waals surface area contributed by atoms with Crippen molar-refractivity contribution in [2.45, 2.75) is 25.8 Å². The highest BCUT2D eigenvalue weighted by atomic mass is 16.1. The average Bonchev–Trinajstić information content (AvgIpc) is 3.69. The van der Waals surface area contributed by atoms with Crippen LogP contribution in [0.25, 0.3) is 11.6 Å². The Labute approximate surface area is 186 Å². The summed E-state index contributed by atoms with van der Waals surface area (Å²) in [6.45, 7) is 2.56. The molecule has 162 valence electrons. The van der Waals surface area contributed by atoms with Crippen molar-refractivity contribution < 1.29 is 9.59 Å². The summed E-state index contributed by atoms with van der Waals surface area (Å²) in [6.07, 6.45) is 11.1. The summed E-state index contributed by atoms with van der Waals surface area (Å²) < 4.78 is 0. The van der Waals surface area contributed by atoms with Crippen molar-refractivity contribution in [3.63, 3.8) is 0 Å². The summed E-state index contributed by atoms with van der Waals surface area (Å²) in [5.74, 6) is 2.36. The van der Waals surface area contributed by atoms with E-state index >= 15 is 0 Å². The van der Waals surface area contributed by atoms with Gasteiger partial charge in [-0.1, -0.05) is 12.1 Å². The van der Waals surface area contributed by atoms with Gasteiger partial charge in [-0.15, -0.1) is 0 Å². The minimum atomic E-state index is -0.177. The normalized spacial score (nSPS) is 18.1. The van der Waals surface area contributed by atoms with E-state index in [0.29, 0.717) is 17.3 Å². The number of nitrogens with one attached hydrogen (secondary N) is 2. The molecule has 0 atom stereocenters. The smallest absolute Gasteiger partial charge is 0.269 e. The number of rotatable bonds is 5. The number of nitrogens with zero attached hydrogens (tertiary/aromatic N) is 3. The second-order valence-electron chi connectivity index (χ2n) is 8.48. The molecule has 32 heavy (non-hydrogen) atoms. The van der Waals surface area contributed by atoms with Crippen molar-refractivity contribution in [3.8, 4) is 0 Å². The molecule has 0 unspecified atom stereocenters. The van der Waals surface area contributed by atoms with Crippen LogP contribution in [0.5, 0.6) is 0 Å². The van der Waals surface area contributed by atoms with Crippen molar-refractivity contribution in [2.75, 3.05) is 25.5 Å². The predicted octanol–water partition coefficient (Wildman–Crippen LogP) is 3.06. The molecule has 1 saturated carbocycles. The first-order valence-electron chi connectivity index (χ1n) is 11.0. The quantitative estimate of drug-likeness (QED) is 0.714. The minimum Gasteiger partial charge on any atom is -0.354 e. The second kappa shape index (κ2) is 8.54. The molecule has 7 heteroatoms. The largest absolute Gasteiger partial charge is 0.354 e. The number of carbonyl (C=O) groups is 1. The SMILES string of the molecule is CNC(=O)c1ccc(C2=CCN(Cc3cnc4c(c3)NC(=C=O)C(C3CC3)=C4)CC2)cn1. The third-order valence-corrected chi connectivity index (χ3v) is 6.23. The zero-order valence-corrected chi connectivity index (χ0v) is 18.0. The first kappa shape index (κ1) is 20.4. The van der Waals surface area contributed by atoms with Crippen LogP contribution in [0.1, 0.15) is 46.6 Å². The topological polar surface area (TPSA) is 87.2 Å². The van der Waals surface area contributed by atoms with Crippen molar-refractivity contribution >= 4 is 29.2 Å². The van der Waals surface area contributed by atoms with Crippen LogP contribution in [0, 0.1) is 5.92 Å². The Morgan fingerprint density at radius 2 is 2.16 bits per heavy atom. The summed E-state index contributed by atoms with van der Waals surface area (Å²) in [4.78, 5) is 34.3. The lowest BCUT2D eigenvalue weighted by Gasteiger charge is -2.27. The molecule has 2 N–H and O–H groups in total. The molecule has 0 radical (unpaired) electrons. The number of allylic oxidation sites excluding steroid dienone is 1. The lowest BCUT2D eigenvalue weighted by molar-refractivity contribution is 0.0958. The minimum absolute atomic E-state index is 0.177. The fraction of sp³-hybridized carbons (Fsp3) is 0.320. The molecule has 1 fully saturated rings. The van der Waals surface area contributed by atoms with Crippen LogP contribution in [0.3, 0.4) is 0 Å². The van der Waals surface area contributed by atoms with Crippen LogP contribution < -0.4 is 10.6 Å². The second-order valence-corrected chi connectivity index (χ2v) is 8.48. The highest BCUT2D eigenvalue weighted by Gasteiger charge is 2.31. The van der Waals surface area contributed by atoms with Gasteiger partial charge >= 0.3 is 0 Å². The molecule has 4 heterocycles. The van der Waals surface area contributed by atoms with Gasteiger partial charge in [-0.05, 0) is 65.7 Å². The van der Waals surface area contributed by atoms with Gasteiger partial charge in [0.15, 0.2) is 5.94 Å². The van der Waals surface area contributed by atoms with Crippen molar-refractivity contribution in [3.05, 3.63) is 70.5 Å². The van der Waals surface area contributed by atoms with Gasteiger partial charge in [-0.3, -0.25) is 19.7 Å². The number of carbonyl (C=O) groups excluding carboxylic acids is 2. The van der Waals surface area contributed by atoms with Crippen LogP contribution in [0.15, 0.2) is 47.9 Å². The Bertz CT molecular complexity index is 1170. The molecular formula is C25H25N5O2. The summed E-state index contributed by atoms with van der Waals surface area (Å²) >= 11 is 0. The number of anilines is 1. The molecule has 5 rings (SSSR count). The van der Waals surface area contributed by atoms with Crippen LogP contribution in [-0.2, 0) is 11.3 Å². The Morgan fingerprint density at radius 3 is 2.81 bits per heavy atom. The molecular weight excluding hydrogens is 402 g/mol. The Balaban J connectivity index is 1.25. The third kappa shape index (κ3) is 4.13. The van der Waals surface area contributed by atoms with E-state index < -0.39 is 0 Å². The van der Waals surface area contributed by atoms with Gasteiger partial charge in [0, 0.05) is 39.1 Å². The van der Waals surface area contributed by atoms with Gasteiger partial charge in [-0.25, -0.2) is 4.79 Å². The average molecular weight is 428 g/mol. The predicted molar refractivity (Wildman–Crippen MR) is 123 cm³/mol. The number of amides is 1. The van der Waals surface area contributed by atoms with E-state index in [0.717, 1.165) is 67.0 Å². The van der Waals surface area contributed by atoms with Crippen LogP contribution >= 0.6 is 0 Å². The standard InChI is InChI=1S/C25H25N5O2/c1-26-25(32)21-5-4-19(13-28-21)17-6-8-30(9-7-17)14-16-10-23-22(27-12-16)11-20(18-2-3-18)24(15-31)29-23/h4-6,10-13,18,29H,2-3,7-9,14H2,1H3,(H,26,32). The fourth-order valence-electron chi connectivity index (χ4n) is 4.27. The molecule has 2 aromatic heterocycles. The van der Waals surface area contributed by atoms with E-state index in [9.17, 15) is 9.59 Å². The van der Waals surface area contributed by atoms with Crippen LogP contribution in [-0.4, -0.2) is 46.9 Å². The van der Waals surface area contributed by atoms with Gasteiger partial charge in [0.05, 0.1) is 11.4 Å². The number of aromatic nitrogens is 2. The monoisotopic (exact) mass is 427 g/mol. The molecule has 3 aliphatic rings. The Morgan fingerprint density at radius 1 is 1.28 bits per heavy atom.